The van der Waals surface area contributed by atoms with Crippen LogP contribution in [0.5, 0.6) is 0 Å². The molecule has 0 aromatic heterocycles. The van der Waals surface area contributed by atoms with Gasteiger partial charge in [-0.1, -0.05) is 26.3 Å². The number of hydrogen-bond acceptors (Lipinski definition) is 3. The quantitative estimate of drug-likeness (QED) is 0.400. The molecule has 1 aliphatic rings. The van der Waals surface area contributed by atoms with Crippen LogP contribution in [0.2, 0.25) is 0 Å². The predicted molar refractivity (Wildman–Crippen MR) is 75.4 cm³/mol. The molecule has 4 unspecified atom stereocenters. The van der Waals surface area contributed by atoms with Crippen LogP contribution in [0.1, 0.15) is 53.4 Å². The van der Waals surface area contributed by atoms with Gasteiger partial charge < -0.3 is 4.74 Å². The van der Waals surface area contributed by atoms with Crippen LogP contribution in [0.25, 0.3) is 0 Å². The van der Waals surface area contributed by atoms with Gasteiger partial charge in [0.2, 0.25) is 0 Å². The lowest BCUT2D eigenvalue weighted by Crippen LogP contribution is -2.19. The molecule has 1 rings (SSSR count). The molecule has 0 bridgehead atoms. The SMILES string of the molecule is C=C(C)CC(C)CC(C)CC(C)C1CC(=O)OC1=O. The molecule has 0 spiro atoms. The Balaban J connectivity index is 2.39. The van der Waals surface area contributed by atoms with E-state index in [1.807, 2.05) is 6.92 Å². The number of ether oxygens (including phenoxy) is 1. The summed E-state index contributed by atoms with van der Waals surface area (Å²) in [5.41, 5.74) is 1.22. The Labute approximate surface area is 116 Å². The smallest absolute Gasteiger partial charge is 0.317 e. The van der Waals surface area contributed by atoms with Crippen molar-refractivity contribution in [2.75, 3.05) is 0 Å². The summed E-state index contributed by atoms with van der Waals surface area (Å²) in [5, 5.41) is 0. The highest BCUT2D eigenvalue weighted by Gasteiger charge is 2.37. The van der Waals surface area contributed by atoms with Gasteiger partial charge in [-0.25, -0.2) is 0 Å². The van der Waals surface area contributed by atoms with Crippen LogP contribution in [-0.4, -0.2) is 11.9 Å². The van der Waals surface area contributed by atoms with Crippen molar-refractivity contribution in [2.45, 2.75) is 53.4 Å². The molecule has 0 aromatic carbocycles. The van der Waals surface area contributed by atoms with E-state index in [0.29, 0.717) is 11.8 Å². The fraction of sp³-hybridized carbons (Fsp3) is 0.750. The fourth-order valence-electron chi connectivity index (χ4n) is 3.19. The van der Waals surface area contributed by atoms with Gasteiger partial charge >= 0.3 is 11.9 Å². The van der Waals surface area contributed by atoms with Crippen molar-refractivity contribution in [3.8, 4) is 0 Å². The molecule has 108 valence electrons. The van der Waals surface area contributed by atoms with Crippen LogP contribution in [0.4, 0.5) is 0 Å². The second-order valence-corrected chi connectivity index (χ2v) is 6.42. The van der Waals surface area contributed by atoms with Crippen molar-refractivity contribution in [2.24, 2.45) is 23.7 Å². The van der Waals surface area contributed by atoms with Gasteiger partial charge in [0, 0.05) is 0 Å². The minimum absolute atomic E-state index is 0.214. The van der Waals surface area contributed by atoms with Gasteiger partial charge in [-0.2, -0.15) is 0 Å². The minimum Gasteiger partial charge on any atom is -0.393 e. The standard InChI is InChI=1S/C16H26O3/c1-10(2)6-11(3)7-12(4)8-13(5)14-9-15(17)19-16(14)18/h11-14H,1,6-9H2,2-5H3. The lowest BCUT2D eigenvalue weighted by molar-refractivity contribution is -0.153. The van der Waals surface area contributed by atoms with E-state index in [9.17, 15) is 9.59 Å². The van der Waals surface area contributed by atoms with Crippen LogP contribution in [0.15, 0.2) is 12.2 Å². The van der Waals surface area contributed by atoms with Crippen LogP contribution in [0, 0.1) is 23.7 Å². The zero-order valence-corrected chi connectivity index (χ0v) is 12.6. The molecule has 1 heterocycles. The summed E-state index contributed by atoms with van der Waals surface area (Å²) in [5.74, 6) is 0.451. The third-order valence-corrected chi connectivity index (χ3v) is 3.87. The molecule has 0 amide bonds. The van der Waals surface area contributed by atoms with E-state index in [2.05, 4.69) is 32.1 Å². The summed E-state index contributed by atoms with van der Waals surface area (Å²) >= 11 is 0. The van der Waals surface area contributed by atoms with E-state index in [0.717, 1.165) is 19.3 Å². The van der Waals surface area contributed by atoms with Gasteiger partial charge in [0.25, 0.3) is 0 Å². The molecule has 1 fully saturated rings. The van der Waals surface area contributed by atoms with Gasteiger partial charge in [-0.3, -0.25) is 9.59 Å². The van der Waals surface area contributed by atoms with Crippen molar-refractivity contribution >= 4 is 11.9 Å². The normalized spacial score (nSPS) is 23.9. The highest BCUT2D eigenvalue weighted by molar-refractivity contribution is 5.94. The van der Waals surface area contributed by atoms with Crippen molar-refractivity contribution in [3.63, 3.8) is 0 Å². The van der Waals surface area contributed by atoms with Gasteiger partial charge in [0.15, 0.2) is 0 Å². The highest BCUT2D eigenvalue weighted by atomic mass is 16.6. The first kappa shape index (κ1) is 15.9. The van der Waals surface area contributed by atoms with Crippen LogP contribution in [0.3, 0.4) is 0 Å². The fourth-order valence-corrected chi connectivity index (χ4v) is 3.19. The maximum Gasteiger partial charge on any atom is 0.317 e. The zero-order valence-electron chi connectivity index (χ0n) is 12.6. The first-order valence-electron chi connectivity index (χ1n) is 7.18. The van der Waals surface area contributed by atoms with Gasteiger partial charge in [-0.15, -0.1) is 6.58 Å². The third-order valence-electron chi connectivity index (χ3n) is 3.87. The number of allylic oxidation sites excluding steroid dienone is 1. The molecule has 0 N–H and O–H groups in total. The van der Waals surface area contributed by atoms with Crippen LogP contribution < -0.4 is 0 Å². The molecule has 0 radical (unpaired) electrons. The molecule has 3 nitrogen and oxygen atoms in total. The highest BCUT2D eigenvalue weighted by Crippen LogP contribution is 2.31. The summed E-state index contributed by atoms with van der Waals surface area (Å²) in [4.78, 5) is 22.6. The van der Waals surface area contributed by atoms with E-state index >= 15 is 0 Å². The van der Waals surface area contributed by atoms with Gasteiger partial charge in [-0.05, 0) is 43.9 Å². The van der Waals surface area contributed by atoms with Crippen molar-refractivity contribution < 1.29 is 14.3 Å². The summed E-state index contributed by atoms with van der Waals surface area (Å²) in [7, 11) is 0. The Morgan fingerprint density at radius 3 is 2.37 bits per heavy atom. The van der Waals surface area contributed by atoms with Crippen molar-refractivity contribution in [1.29, 1.82) is 0 Å². The Morgan fingerprint density at radius 2 is 1.89 bits per heavy atom. The predicted octanol–water partition coefficient (Wildman–Crippen LogP) is 3.73. The summed E-state index contributed by atoms with van der Waals surface area (Å²) in [6.45, 7) is 12.5. The lowest BCUT2D eigenvalue weighted by Gasteiger charge is -2.22. The molecular weight excluding hydrogens is 240 g/mol. The molecular formula is C16H26O3. The Bertz CT molecular complexity index is 359. The monoisotopic (exact) mass is 266 g/mol. The zero-order chi connectivity index (χ0) is 14.6. The largest absolute Gasteiger partial charge is 0.393 e. The van der Waals surface area contributed by atoms with E-state index in [-0.39, 0.29) is 30.2 Å². The maximum absolute atomic E-state index is 11.5. The Morgan fingerprint density at radius 1 is 1.26 bits per heavy atom. The number of hydrogen-bond donors (Lipinski definition) is 0. The first-order chi connectivity index (χ1) is 8.79. The number of esters is 2. The van der Waals surface area contributed by atoms with E-state index in [4.69, 9.17) is 0 Å². The van der Waals surface area contributed by atoms with Gasteiger partial charge in [0.05, 0.1) is 12.3 Å². The number of carbonyl (C=O) groups excluding carboxylic acids is 2. The minimum atomic E-state index is -0.370. The second kappa shape index (κ2) is 6.88. The number of carbonyl (C=O) groups is 2. The second-order valence-electron chi connectivity index (χ2n) is 6.42. The number of cyclic esters (lactones) is 2. The third kappa shape index (κ3) is 5.17. The first-order valence-corrected chi connectivity index (χ1v) is 7.18. The van der Waals surface area contributed by atoms with E-state index in [1.54, 1.807) is 0 Å². The molecule has 0 aromatic rings. The molecule has 1 aliphatic heterocycles. The molecule has 4 atom stereocenters. The van der Waals surface area contributed by atoms with Gasteiger partial charge in [0.1, 0.15) is 0 Å². The topological polar surface area (TPSA) is 43.4 Å². The summed E-state index contributed by atoms with van der Waals surface area (Å²) < 4.78 is 4.62. The maximum atomic E-state index is 11.5. The molecule has 19 heavy (non-hydrogen) atoms. The molecule has 3 heteroatoms. The van der Waals surface area contributed by atoms with Crippen LogP contribution >= 0.6 is 0 Å². The molecule has 1 saturated heterocycles. The molecule has 0 aliphatic carbocycles. The summed E-state index contributed by atoms with van der Waals surface area (Å²) in [6.07, 6.45) is 3.41. The number of rotatable bonds is 7. The summed E-state index contributed by atoms with van der Waals surface area (Å²) in [6, 6.07) is 0. The van der Waals surface area contributed by atoms with Crippen molar-refractivity contribution in [1.82, 2.24) is 0 Å². The average molecular weight is 266 g/mol. The van der Waals surface area contributed by atoms with E-state index < -0.39 is 0 Å². The average Bonchev–Trinajstić information content (AvgIpc) is 2.55. The molecule has 0 saturated carbocycles. The van der Waals surface area contributed by atoms with Crippen molar-refractivity contribution in [3.05, 3.63) is 12.2 Å². The van der Waals surface area contributed by atoms with E-state index in [1.165, 1.54) is 5.57 Å². The Kier molecular flexibility index (Phi) is 5.77. The van der Waals surface area contributed by atoms with Crippen LogP contribution in [-0.2, 0) is 14.3 Å². The Hall–Kier alpha value is -1.12. The lowest BCUT2D eigenvalue weighted by atomic mass is 9.81.